The van der Waals surface area contributed by atoms with Gasteiger partial charge in [0.05, 0.1) is 0 Å². The van der Waals surface area contributed by atoms with E-state index < -0.39 is 0 Å². The van der Waals surface area contributed by atoms with Crippen molar-refractivity contribution in [2.24, 2.45) is 0 Å². The van der Waals surface area contributed by atoms with Crippen molar-refractivity contribution in [1.82, 2.24) is 10.3 Å². The van der Waals surface area contributed by atoms with Crippen LogP contribution >= 0.6 is 0 Å². The first kappa shape index (κ1) is 17.4. The fraction of sp³-hybridized carbons (Fsp3) is 0.625. The molecular formula is C16H26N2O3. The van der Waals surface area contributed by atoms with E-state index in [-0.39, 0.29) is 24.3 Å². The molecule has 0 saturated heterocycles. The Bertz CT molecular complexity index is 506. The second kappa shape index (κ2) is 7.98. The van der Waals surface area contributed by atoms with Crippen LogP contribution in [0.5, 0.6) is 0 Å². The van der Waals surface area contributed by atoms with Gasteiger partial charge in [0.25, 0.3) is 5.91 Å². The van der Waals surface area contributed by atoms with Gasteiger partial charge in [-0.3, -0.25) is 9.59 Å². The topological polar surface area (TPSA) is 82.2 Å². The number of H-pyrrole nitrogens is 1. The number of aromatic nitrogens is 1. The third kappa shape index (κ3) is 4.17. The summed E-state index contributed by atoms with van der Waals surface area (Å²) in [5.41, 5.74) is 2.67. The first-order valence-corrected chi connectivity index (χ1v) is 7.60. The SMILES string of the molecule is CCCc1c(C(=O)NC(CC)CCO)[nH]c(C)c1C(C)=O. The number of aliphatic hydroxyl groups is 1. The van der Waals surface area contributed by atoms with Gasteiger partial charge in [-0.15, -0.1) is 0 Å². The van der Waals surface area contributed by atoms with Crippen LogP contribution in [0.4, 0.5) is 0 Å². The third-order valence-corrected chi connectivity index (χ3v) is 3.68. The number of amides is 1. The van der Waals surface area contributed by atoms with Crippen LogP contribution in [0.3, 0.4) is 0 Å². The molecule has 0 bridgehead atoms. The summed E-state index contributed by atoms with van der Waals surface area (Å²) < 4.78 is 0. The lowest BCUT2D eigenvalue weighted by Crippen LogP contribution is -2.35. The van der Waals surface area contributed by atoms with Gasteiger partial charge in [-0.1, -0.05) is 20.3 Å². The number of aryl methyl sites for hydroxylation is 1. The number of carbonyl (C=O) groups is 2. The van der Waals surface area contributed by atoms with Crippen LogP contribution in [-0.4, -0.2) is 34.4 Å². The second-order valence-electron chi connectivity index (χ2n) is 5.38. The van der Waals surface area contributed by atoms with Gasteiger partial charge in [0.1, 0.15) is 5.69 Å². The zero-order chi connectivity index (χ0) is 16.0. The van der Waals surface area contributed by atoms with Gasteiger partial charge in [0.2, 0.25) is 0 Å². The van der Waals surface area contributed by atoms with E-state index in [9.17, 15) is 9.59 Å². The molecule has 0 aliphatic carbocycles. The molecule has 1 heterocycles. The fourth-order valence-corrected chi connectivity index (χ4v) is 2.64. The number of aromatic amines is 1. The van der Waals surface area contributed by atoms with Crippen LogP contribution in [0.25, 0.3) is 0 Å². The molecule has 0 fully saturated rings. The molecule has 118 valence electrons. The van der Waals surface area contributed by atoms with Crippen LogP contribution in [0.15, 0.2) is 0 Å². The monoisotopic (exact) mass is 294 g/mol. The lowest BCUT2D eigenvalue weighted by atomic mass is 10.0. The lowest BCUT2D eigenvalue weighted by molar-refractivity contribution is 0.0923. The van der Waals surface area contributed by atoms with Crippen molar-refractivity contribution in [1.29, 1.82) is 0 Å². The van der Waals surface area contributed by atoms with Crippen molar-refractivity contribution in [3.05, 3.63) is 22.5 Å². The first-order chi connectivity index (χ1) is 9.96. The van der Waals surface area contributed by atoms with Crippen molar-refractivity contribution in [3.8, 4) is 0 Å². The molecule has 0 aliphatic heterocycles. The zero-order valence-corrected chi connectivity index (χ0v) is 13.4. The van der Waals surface area contributed by atoms with Gasteiger partial charge in [-0.05, 0) is 38.7 Å². The van der Waals surface area contributed by atoms with E-state index in [4.69, 9.17) is 5.11 Å². The maximum atomic E-state index is 12.4. The third-order valence-electron chi connectivity index (χ3n) is 3.68. The normalized spacial score (nSPS) is 12.2. The van der Waals surface area contributed by atoms with Gasteiger partial charge in [-0.2, -0.15) is 0 Å². The summed E-state index contributed by atoms with van der Waals surface area (Å²) in [7, 11) is 0. The Morgan fingerprint density at radius 3 is 2.48 bits per heavy atom. The number of carbonyl (C=O) groups excluding carboxylic acids is 2. The van der Waals surface area contributed by atoms with Crippen molar-refractivity contribution in [3.63, 3.8) is 0 Å². The highest BCUT2D eigenvalue weighted by atomic mass is 16.3. The van der Waals surface area contributed by atoms with E-state index >= 15 is 0 Å². The number of hydrogen-bond donors (Lipinski definition) is 3. The summed E-state index contributed by atoms with van der Waals surface area (Å²) in [6.07, 6.45) is 2.85. The maximum absolute atomic E-state index is 12.4. The second-order valence-corrected chi connectivity index (χ2v) is 5.38. The van der Waals surface area contributed by atoms with Gasteiger partial charge in [0.15, 0.2) is 5.78 Å². The zero-order valence-electron chi connectivity index (χ0n) is 13.4. The highest BCUT2D eigenvalue weighted by Gasteiger charge is 2.23. The smallest absolute Gasteiger partial charge is 0.268 e. The number of hydrogen-bond acceptors (Lipinski definition) is 3. The molecule has 21 heavy (non-hydrogen) atoms. The van der Waals surface area contributed by atoms with Crippen molar-refractivity contribution >= 4 is 11.7 Å². The largest absolute Gasteiger partial charge is 0.396 e. The molecule has 5 heteroatoms. The Morgan fingerprint density at radius 2 is 2.00 bits per heavy atom. The highest BCUT2D eigenvalue weighted by molar-refractivity contribution is 6.02. The Morgan fingerprint density at radius 1 is 1.33 bits per heavy atom. The van der Waals surface area contributed by atoms with E-state index in [0.717, 1.165) is 24.1 Å². The molecule has 0 saturated carbocycles. The van der Waals surface area contributed by atoms with E-state index in [0.29, 0.717) is 24.1 Å². The lowest BCUT2D eigenvalue weighted by Gasteiger charge is -2.16. The van der Waals surface area contributed by atoms with E-state index in [1.54, 1.807) is 0 Å². The summed E-state index contributed by atoms with van der Waals surface area (Å²) in [4.78, 5) is 27.3. The molecule has 1 aromatic rings. The van der Waals surface area contributed by atoms with Gasteiger partial charge < -0.3 is 15.4 Å². The predicted octanol–water partition coefficient (Wildman–Crippen LogP) is 2.37. The molecule has 1 unspecified atom stereocenters. The minimum atomic E-state index is -0.200. The van der Waals surface area contributed by atoms with Gasteiger partial charge >= 0.3 is 0 Å². The minimum absolute atomic E-state index is 0.0198. The summed E-state index contributed by atoms with van der Waals surface area (Å²) in [6.45, 7) is 7.38. The standard InChI is InChI=1S/C16H26N2O3/c1-5-7-13-14(11(4)20)10(3)17-15(13)16(21)18-12(6-2)8-9-19/h12,17,19H,5-9H2,1-4H3,(H,18,21). The highest BCUT2D eigenvalue weighted by Crippen LogP contribution is 2.21. The van der Waals surface area contributed by atoms with Crippen molar-refractivity contribution in [2.75, 3.05) is 6.61 Å². The number of Topliss-reactive ketones (excluding diaryl/α,β-unsaturated/α-hetero) is 1. The number of aliphatic hydroxyl groups excluding tert-OH is 1. The molecule has 1 aromatic heterocycles. The summed E-state index contributed by atoms with van der Waals surface area (Å²) in [5.74, 6) is -0.219. The quantitative estimate of drug-likeness (QED) is 0.644. The molecule has 0 aromatic carbocycles. The summed E-state index contributed by atoms with van der Waals surface area (Å²) in [5, 5.41) is 11.9. The molecular weight excluding hydrogens is 268 g/mol. The molecule has 0 spiro atoms. The predicted molar refractivity (Wildman–Crippen MR) is 82.8 cm³/mol. The molecule has 1 atom stereocenters. The van der Waals surface area contributed by atoms with Crippen LogP contribution in [0, 0.1) is 6.92 Å². The van der Waals surface area contributed by atoms with E-state index in [1.165, 1.54) is 6.92 Å². The number of nitrogens with one attached hydrogen (secondary N) is 2. The summed E-state index contributed by atoms with van der Waals surface area (Å²) in [6, 6.07) is -0.0543. The van der Waals surface area contributed by atoms with Gasteiger partial charge in [0, 0.05) is 23.9 Å². The minimum Gasteiger partial charge on any atom is -0.396 e. The molecule has 3 N–H and O–H groups in total. The first-order valence-electron chi connectivity index (χ1n) is 7.60. The Labute approximate surface area is 126 Å². The van der Waals surface area contributed by atoms with Gasteiger partial charge in [-0.25, -0.2) is 0 Å². The van der Waals surface area contributed by atoms with Crippen LogP contribution in [0.1, 0.15) is 72.1 Å². The van der Waals surface area contributed by atoms with Crippen LogP contribution < -0.4 is 5.32 Å². The Kier molecular flexibility index (Phi) is 6.62. The van der Waals surface area contributed by atoms with Crippen LogP contribution in [0.2, 0.25) is 0 Å². The summed E-state index contributed by atoms with van der Waals surface area (Å²) >= 11 is 0. The molecule has 1 amide bonds. The Hall–Kier alpha value is -1.62. The molecule has 1 rings (SSSR count). The van der Waals surface area contributed by atoms with E-state index in [2.05, 4.69) is 10.3 Å². The molecule has 5 nitrogen and oxygen atoms in total. The van der Waals surface area contributed by atoms with Crippen molar-refractivity contribution in [2.45, 2.75) is 59.4 Å². The number of rotatable bonds is 8. The number of ketones is 1. The maximum Gasteiger partial charge on any atom is 0.268 e. The van der Waals surface area contributed by atoms with E-state index in [1.807, 2.05) is 20.8 Å². The fourth-order valence-electron chi connectivity index (χ4n) is 2.64. The average molecular weight is 294 g/mol. The average Bonchev–Trinajstić information content (AvgIpc) is 2.75. The van der Waals surface area contributed by atoms with Crippen LogP contribution in [-0.2, 0) is 6.42 Å². The molecule has 0 radical (unpaired) electrons. The molecule has 0 aliphatic rings. The van der Waals surface area contributed by atoms with Crippen molar-refractivity contribution < 1.29 is 14.7 Å². The Balaban J connectivity index is 3.08.